The molecule has 2 N–H and O–H groups in total. The minimum absolute atomic E-state index is 0.0185. The van der Waals surface area contributed by atoms with Crippen LogP contribution in [0.2, 0.25) is 0 Å². The van der Waals surface area contributed by atoms with E-state index in [-0.39, 0.29) is 11.9 Å². The Hall–Kier alpha value is -1.56. The van der Waals surface area contributed by atoms with Crippen molar-refractivity contribution < 1.29 is 4.79 Å². The van der Waals surface area contributed by atoms with Crippen LogP contribution in [0.1, 0.15) is 25.5 Å². The number of rotatable bonds is 5. The molecule has 0 aliphatic rings. The van der Waals surface area contributed by atoms with E-state index in [1.165, 1.54) is 0 Å². The molecule has 0 saturated carbocycles. The molecule has 2 aromatic carbocycles. The average molecular weight is 394 g/mol. The van der Waals surface area contributed by atoms with Gasteiger partial charge in [0.05, 0.1) is 0 Å². The van der Waals surface area contributed by atoms with Crippen molar-refractivity contribution in [1.82, 2.24) is 5.32 Å². The van der Waals surface area contributed by atoms with Crippen LogP contribution in [-0.4, -0.2) is 11.9 Å². The van der Waals surface area contributed by atoms with Gasteiger partial charge in [0.1, 0.15) is 6.04 Å². The van der Waals surface area contributed by atoms with Gasteiger partial charge in [0.25, 0.3) is 0 Å². The van der Waals surface area contributed by atoms with E-state index in [0.717, 1.165) is 14.8 Å². The van der Waals surface area contributed by atoms with Crippen molar-refractivity contribution in [3.8, 4) is 0 Å². The maximum absolute atomic E-state index is 12.5. The Morgan fingerprint density at radius 2 is 1.76 bits per heavy atom. The topological polar surface area (TPSA) is 41.1 Å². The van der Waals surface area contributed by atoms with Crippen LogP contribution in [0.5, 0.6) is 0 Å². The highest BCUT2D eigenvalue weighted by atomic mass is 127. The molecule has 1 atom stereocenters. The summed E-state index contributed by atoms with van der Waals surface area (Å²) in [6.45, 7) is 3.93. The van der Waals surface area contributed by atoms with Gasteiger partial charge in [-0.05, 0) is 60.2 Å². The van der Waals surface area contributed by atoms with Gasteiger partial charge < -0.3 is 10.6 Å². The number of hydrogen-bond donors (Lipinski definition) is 2. The van der Waals surface area contributed by atoms with E-state index in [0.29, 0.717) is 0 Å². The Bertz CT molecular complexity index is 599. The summed E-state index contributed by atoms with van der Waals surface area (Å²) in [6, 6.07) is 17.5. The van der Waals surface area contributed by atoms with Gasteiger partial charge in [-0.3, -0.25) is 4.79 Å². The van der Waals surface area contributed by atoms with Crippen LogP contribution in [0, 0.1) is 3.57 Å². The number of nitrogens with one attached hydrogen (secondary N) is 2. The van der Waals surface area contributed by atoms with Crippen molar-refractivity contribution >= 4 is 34.2 Å². The number of carbonyl (C=O) groups is 1. The maximum Gasteiger partial charge on any atom is 0.247 e. The smallest absolute Gasteiger partial charge is 0.247 e. The van der Waals surface area contributed by atoms with Gasteiger partial charge in [-0.2, -0.15) is 0 Å². The van der Waals surface area contributed by atoms with Gasteiger partial charge in [-0.1, -0.05) is 36.4 Å². The quantitative estimate of drug-likeness (QED) is 0.754. The SMILES string of the molecule is CC(C)NC(=O)C(Nc1cccc(I)c1)c1ccccc1. The lowest BCUT2D eigenvalue weighted by Gasteiger charge is -2.21. The maximum atomic E-state index is 12.5. The average Bonchev–Trinajstić information content (AvgIpc) is 2.45. The molecule has 0 aliphatic carbocycles. The van der Waals surface area contributed by atoms with Crippen molar-refractivity contribution in [2.45, 2.75) is 25.9 Å². The number of anilines is 1. The lowest BCUT2D eigenvalue weighted by molar-refractivity contribution is -0.122. The largest absolute Gasteiger partial charge is 0.370 e. The van der Waals surface area contributed by atoms with Gasteiger partial charge in [0, 0.05) is 15.3 Å². The van der Waals surface area contributed by atoms with Gasteiger partial charge in [-0.25, -0.2) is 0 Å². The summed E-state index contributed by atoms with van der Waals surface area (Å²) >= 11 is 2.26. The molecule has 0 spiro atoms. The molecule has 4 heteroatoms. The molecule has 0 fully saturated rings. The summed E-state index contributed by atoms with van der Waals surface area (Å²) in [5.41, 5.74) is 1.89. The molecule has 0 bridgehead atoms. The molecule has 110 valence electrons. The van der Waals surface area contributed by atoms with E-state index in [2.05, 4.69) is 33.2 Å². The fourth-order valence-corrected chi connectivity index (χ4v) is 2.60. The molecule has 0 heterocycles. The predicted molar refractivity (Wildman–Crippen MR) is 95.2 cm³/mol. The highest BCUT2D eigenvalue weighted by molar-refractivity contribution is 14.1. The standard InChI is InChI=1S/C17H19IN2O/c1-12(2)19-17(21)16(13-7-4-3-5-8-13)20-15-10-6-9-14(18)11-15/h3-12,16,20H,1-2H3,(H,19,21). The molecule has 2 rings (SSSR count). The molecule has 21 heavy (non-hydrogen) atoms. The van der Waals surface area contributed by atoms with Crippen molar-refractivity contribution in [1.29, 1.82) is 0 Å². The first-order chi connectivity index (χ1) is 10.1. The van der Waals surface area contributed by atoms with Crippen LogP contribution in [0.4, 0.5) is 5.69 Å². The Morgan fingerprint density at radius 3 is 2.38 bits per heavy atom. The van der Waals surface area contributed by atoms with Crippen LogP contribution in [0.15, 0.2) is 54.6 Å². The number of halogens is 1. The zero-order valence-corrected chi connectivity index (χ0v) is 14.3. The van der Waals surface area contributed by atoms with Gasteiger partial charge in [0.2, 0.25) is 5.91 Å². The van der Waals surface area contributed by atoms with Gasteiger partial charge >= 0.3 is 0 Å². The molecule has 1 amide bonds. The van der Waals surface area contributed by atoms with Crippen LogP contribution in [-0.2, 0) is 4.79 Å². The molecular formula is C17H19IN2O. The highest BCUT2D eigenvalue weighted by Gasteiger charge is 2.20. The van der Waals surface area contributed by atoms with Crippen LogP contribution in [0.3, 0.4) is 0 Å². The number of carbonyl (C=O) groups excluding carboxylic acids is 1. The molecule has 0 saturated heterocycles. The summed E-state index contributed by atoms with van der Waals surface area (Å²) in [4.78, 5) is 12.5. The Balaban J connectivity index is 2.26. The Morgan fingerprint density at radius 1 is 1.05 bits per heavy atom. The van der Waals surface area contributed by atoms with Crippen LogP contribution < -0.4 is 10.6 Å². The number of hydrogen-bond acceptors (Lipinski definition) is 2. The number of amides is 1. The molecule has 2 aromatic rings. The zero-order valence-electron chi connectivity index (χ0n) is 12.1. The minimum Gasteiger partial charge on any atom is -0.370 e. The monoisotopic (exact) mass is 394 g/mol. The molecule has 0 radical (unpaired) electrons. The third-order valence-corrected chi connectivity index (χ3v) is 3.63. The van der Waals surface area contributed by atoms with E-state index in [9.17, 15) is 4.79 Å². The van der Waals surface area contributed by atoms with Crippen LogP contribution in [0.25, 0.3) is 0 Å². The van der Waals surface area contributed by atoms with Crippen molar-refractivity contribution in [2.24, 2.45) is 0 Å². The molecule has 1 unspecified atom stereocenters. The predicted octanol–water partition coefficient (Wildman–Crippen LogP) is 3.97. The van der Waals surface area contributed by atoms with E-state index in [1.54, 1.807) is 0 Å². The lowest BCUT2D eigenvalue weighted by Crippen LogP contribution is -2.37. The summed E-state index contributed by atoms with van der Waals surface area (Å²) in [5, 5.41) is 6.30. The molecule has 0 aliphatic heterocycles. The fourth-order valence-electron chi connectivity index (χ4n) is 2.06. The minimum atomic E-state index is -0.396. The van der Waals surface area contributed by atoms with E-state index >= 15 is 0 Å². The molecular weight excluding hydrogens is 375 g/mol. The molecule has 3 nitrogen and oxygen atoms in total. The summed E-state index contributed by atoms with van der Waals surface area (Å²) < 4.78 is 1.13. The summed E-state index contributed by atoms with van der Waals surface area (Å²) in [6.07, 6.45) is 0. The first-order valence-electron chi connectivity index (χ1n) is 6.93. The molecule has 0 aromatic heterocycles. The fraction of sp³-hybridized carbons (Fsp3) is 0.235. The van der Waals surface area contributed by atoms with Gasteiger partial charge in [-0.15, -0.1) is 0 Å². The zero-order chi connectivity index (χ0) is 15.2. The summed E-state index contributed by atoms with van der Waals surface area (Å²) in [7, 11) is 0. The van der Waals surface area contributed by atoms with E-state index in [1.807, 2.05) is 68.4 Å². The number of benzene rings is 2. The Kier molecular flexibility index (Phi) is 5.61. The third-order valence-electron chi connectivity index (χ3n) is 2.96. The van der Waals surface area contributed by atoms with Crippen molar-refractivity contribution in [3.63, 3.8) is 0 Å². The first kappa shape index (κ1) is 15.8. The second kappa shape index (κ2) is 7.45. The first-order valence-corrected chi connectivity index (χ1v) is 8.01. The van der Waals surface area contributed by atoms with E-state index < -0.39 is 6.04 Å². The lowest BCUT2D eigenvalue weighted by atomic mass is 10.1. The second-order valence-corrected chi connectivity index (χ2v) is 6.41. The Labute approximate surface area is 139 Å². The third kappa shape index (κ3) is 4.74. The second-order valence-electron chi connectivity index (χ2n) is 5.16. The van der Waals surface area contributed by atoms with E-state index in [4.69, 9.17) is 0 Å². The summed E-state index contributed by atoms with van der Waals surface area (Å²) in [5.74, 6) is -0.0185. The highest BCUT2D eigenvalue weighted by Crippen LogP contribution is 2.21. The van der Waals surface area contributed by atoms with Crippen LogP contribution >= 0.6 is 22.6 Å². The normalized spacial score (nSPS) is 12.0. The van der Waals surface area contributed by atoms with Gasteiger partial charge in [0.15, 0.2) is 0 Å². The van der Waals surface area contributed by atoms with Crippen molar-refractivity contribution in [3.05, 3.63) is 63.7 Å². The van der Waals surface area contributed by atoms with Crippen molar-refractivity contribution in [2.75, 3.05) is 5.32 Å².